The summed E-state index contributed by atoms with van der Waals surface area (Å²) in [4.78, 5) is 147. The highest BCUT2D eigenvalue weighted by atomic mass is 16.3. The fraction of sp³-hybridized carbons (Fsp3) is 0.579. The smallest absolute Gasteiger partial charge is 0.245 e. The Morgan fingerprint density at radius 1 is 0.605 bits per heavy atom. The number of aromatic hydroxyl groups is 1. The molecule has 9 atom stereocenters. The van der Waals surface area contributed by atoms with Crippen LogP contribution in [0.15, 0.2) is 64.6 Å². The Bertz CT molecular complexity index is 2620. The van der Waals surface area contributed by atoms with Crippen molar-refractivity contribution >= 4 is 71.0 Å². The average Bonchev–Trinajstić information content (AvgIpc) is 3.82. The number of nitrogens with zero attached hydrogens (tertiary/aromatic N) is 3. The van der Waals surface area contributed by atoms with E-state index in [1.807, 2.05) is 13.8 Å². The largest absolute Gasteiger partial charge is 0.508 e. The number of nitrogens with two attached hydrogens (primary N) is 7. The van der Waals surface area contributed by atoms with Gasteiger partial charge < -0.3 is 92.7 Å². The van der Waals surface area contributed by atoms with Gasteiger partial charge in [-0.2, -0.15) is 0 Å². The molecule has 0 saturated carbocycles. The van der Waals surface area contributed by atoms with Gasteiger partial charge in [-0.1, -0.05) is 76.6 Å². The Hall–Kier alpha value is -8.60. The zero-order chi connectivity index (χ0) is 63.9. The second-order valence-electron chi connectivity index (χ2n) is 21.8. The summed E-state index contributed by atoms with van der Waals surface area (Å²) in [5.74, 6) is -8.30. The fourth-order valence-corrected chi connectivity index (χ4v) is 9.37. The summed E-state index contributed by atoms with van der Waals surface area (Å²) >= 11 is 0. The molecule has 0 bridgehead atoms. The normalized spacial score (nSPS) is 15.6. The number of benzene rings is 2. The molecule has 0 radical (unpaired) electrons. The number of guanidine groups is 2. The maximum absolute atomic E-state index is 14.6. The Morgan fingerprint density at radius 3 is 1.76 bits per heavy atom. The number of nitrogens with one attached hydrogen (secondary N) is 8. The van der Waals surface area contributed by atoms with E-state index in [0.717, 1.165) is 0 Å². The van der Waals surface area contributed by atoms with Crippen molar-refractivity contribution in [2.75, 3.05) is 39.3 Å². The molecule has 29 nitrogen and oxygen atoms in total. The van der Waals surface area contributed by atoms with E-state index < -0.39 is 126 Å². The third-order valence-electron chi connectivity index (χ3n) is 14.2. The number of carbonyl (C=O) groups is 10. The second kappa shape index (κ2) is 37.7. The van der Waals surface area contributed by atoms with Gasteiger partial charge in [0.1, 0.15) is 48.0 Å². The number of unbranched alkanes of at least 4 members (excludes halogenated alkanes) is 1. The van der Waals surface area contributed by atoms with E-state index in [4.69, 9.17) is 40.1 Å². The number of amides is 10. The van der Waals surface area contributed by atoms with Crippen molar-refractivity contribution in [3.63, 3.8) is 0 Å². The molecule has 0 unspecified atom stereocenters. The van der Waals surface area contributed by atoms with Gasteiger partial charge in [0.2, 0.25) is 59.1 Å². The van der Waals surface area contributed by atoms with Crippen molar-refractivity contribution in [3.05, 3.63) is 65.7 Å². The minimum Gasteiger partial charge on any atom is -0.508 e. The summed E-state index contributed by atoms with van der Waals surface area (Å²) in [7, 11) is 0. The number of hydrogen-bond donors (Lipinski definition) is 16. The Morgan fingerprint density at radius 2 is 1.16 bits per heavy atom. The van der Waals surface area contributed by atoms with Gasteiger partial charge in [-0.15, -0.1) is 0 Å². The number of phenolic OH excluding ortho intramolecular Hbond substituents is 1. The number of aliphatic imine (C=N–C) groups is 2. The molecule has 0 aliphatic carbocycles. The van der Waals surface area contributed by atoms with Crippen LogP contribution in [0.2, 0.25) is 0 Å². The Labute approximate surface area is 502 Å². The van der Waals surface area contributed by atoms with Crippen LogP contribution in [0.3, 0.4) is 0 Å². The van der Waals surface area contributed by atoms with Crippen LogP contribution in [0.1, 0.15) is 109 Å². The van der Waals surface area contributed by atoms with E-state index in [1.165, 1.54) is 17.0 Å². The van der Waals surface area contributed by atoms with Gasteiger partial charge in [0.15, 0.2) is 11.9 Å². The average molecular weight is 1210 g/mol. The lowest BCUT2D eigenvalue weighted by Gasteiger charge is -2.32. The van der Waals surface area contributed by atoms with Crippen LogP contribution in [-0.4, -0.2) is 169 Å². The Balaban J connectivity index is 1.85. The van der Waals surface area contributed by atoms with Crippen molar-refractivity contribution in [3.8, 4) is 5.75 Å². The SMILES string of the molecule is CC[C@H](C)[C@H](NC(=O)[C@H](CCCN=C(N)N)NC(=O)[C@H](CC(C)C)NC(=O)[C@H](Cc1ccccc1)NC(=O)CNC(=O)CNC(=O)[C@@H](N)Cc1ccc(O)cc1)C(=O)N[C@@H](CCCN=C(N)N)C(=O)N1CCC[C@H]1C(=O)N[C@@H](CCCCN)C(N)=O. The molecule has 1 fully saturated rings. The standard InChI is InChI=1S/C57H92N18O11/c1-5-34(4)47(54(85)72-41(18-12-26-66-57(63)64)55(86)75-27-13-19-44(75)53(84)70-39(48(60)79)16-9-10-24-58)74-50(81)40(17-11-25-65-56(61)62)71-51(82)42(28-33(2)3)73-52(83)43(30-35-14-7-6-8-15-35)69-46(78)32-67-45(77)31-68-49(80)38(59)29-36-20-22-37(76)23-21-36/h6-8,14-15,20-23,33-34,38-44,47,76H,5,9-13,16-19,24-32,58-59H2,1-4H3,(H2,60,79)(H,67,77)(H,68,80)(H,69,78)(H,70,84)(H,71,82)(H,72,85)(H,73,83)(H,74,81)(H4,61,62,65)(H4,63,64,66)/t34-,38-,39-,40-,41-,42-,43-,44-,47-/m0/s1. The quantitative estimate of drug-likeness (QED) is 0.0176. The van der Waals surface area contributed by atoms with Gasteiger partial charge >= 0.3 is 0 Å². The first kappa shape index (κ1) is 71.7. The highest BCUT2D eigenvalue weighted by Crippen LogP contribution is 2.22. The second-order valence-corrected chi connectivity index (χ2v) is 21.8. The maximum Gasteiger partial charge on any atom is 0.245 e. The Kier molecular flexibility index (Phi) is 31.4. The molecule has 86 heavy (non-hydrogen) atoms. The lowest BCUT2D eigenvalue weighted by molar-refractivity contribution is -0.142. The maximum atomic E-state index is 14.6. The molecule has 1 aliphatic heterocycles. The molecule has 1 heterocycles. The van der Waals surface area contributed by atoms with Crippen LogP contribution in [0, 0.1) is 11.8 Å². The van der Waals surface area contributed by atoms with E-state index in [0.29, 0.717) is 43.4 Å². The first-order chi connectivity index (χ1) is 40.8. The van der Waals surface area contributed by atoms with E-state index in [2.05, 4.69) is 52.5 Å². The van der Waals surface area contributed by atoms with E-state index in [-0.39, 0.29) is 101 Å². The van der Waals surface area contributed by atoms with Gasteiger partial charge in [0.25, 0.3) is 0 Å². The number of phenols is 1. The number of primary amides is 1. The van der Waals surface area contributed by atoms with Gasteiger partial charge in [0, 0.05) is 26.1 Å². The van der Waals surface area contributed by atoms with Crippen molar-refractivity contribution < 1.29 is 53.1 Å². The van der Waals surface area contributed by atoms with Crippen LogP contribution in [0.25, 0.3) is 0 Å². The highest BCUT2D eigenvalue weighted by Gasteiger charge is 2.40. The van der Waals surface area contributed by atoms with Crippen LogP contribution >= 0.6 is 0 Å². The molecule has 0 spiro atoms. The molecule has 29 heteroatoms. The first-order valence-corrected chi connectivity index (χ1v) is 29.2. The minimum absolute atomic E-state index is 0.0112. The molecule has 0 aromatic heterocycles. The molecule has 2 aromatic carbocycles. The lowest BCUT2D eigenvalue weighted by atomic mass is 9.96. The van der Waals surface area contributed by atoms with Gasteiger partial charge in [-0.3, -0.25) is 57.9 Å². The zero-order valence-corrected chi connectivity index (χ0v) is 49.8. The minimum atomic E-state index is -1.36. The number of likely N-dealkylation sites (tertiary alicyclic amines) is 1. The summed E-state index contributed by atoms with van der Waals surface area (Å²) < 4.78 is 0. The zero-order valence-electron chi connectivity index (χ0n) is 49.8. The van der Waals surface area contributed by atoms with Gasteiger partial charge in [-0.25, -0.2) is 0 Å². The van der Waals surface area contributed by atoms with Crippen molar-refractivity contribution in [1.82, 2.24) is 47.4 Å². The molecule has 2 aromatic rings. The predicted molar refractivity (Wildman–Crippen MR) is 323 cm³/mol. The summed E-state index contributed by atoms with van der Waals surface area (Å²) in [6, 6.07) is 5.31. The van der Waals surface area contributed by atoms with E-state index in [1.54, 1.807) is 56.3 Å². The number of carbonyl (C=O) groups excluding carboxylic acids is 10. The first-order valence-electron chi connectivity index (χ1n) is 29.2. The van der Waals surface area contributed by atoms with Gasteiger partial charge in [-0.05, 0) is 112 Å². The molecule has 1 aliphatic rings. The van der Waals surface area contributed by atoms with Crippen LogP contribution < -0.4 is 82.7 Å². The van der Waals surface area contributed by atoms with Crippen LogP contribution in [0.5, 0.6) is 5.75 Å². The summed E-state index contributed by atoms with van der Waals surface area (Å²) in [6.07, 6.45) is 2.90. The topological polar surface area (TPSA) is 497 Å². The molecule has 3 rings (SSSR count). The predicted octanol–water partition coefficient (Wildman–Crippen LogP) is -3.55. The molecular weight excluding hydrogens is 1110 g/mol. The van der Waals surface area contributed by atoms with Crippen LogP contribution in [0.4, 0.5) is 0 Å². The molecule has 476 valence electrons. The summed E-state index contributed by atoms with van der Waals surface area (Å²) in [5, 5.41) is 30.8. The fourth-order valence-electron chi connectivity index (χ4n) is 9.37. The van der Waals surface area contributed by atoms with Gasteiger partial charge in [0.05, 0.1) is 19.1 Å². The summed E-state index contributed by atoms with van der Waals surface area (Å²) in [6.45, 7) is 6.68. The molecule has 1 saturated heterocycles. The van der Waals surface area contributed by atoms with Crippen molar-refractivity contribution in [2.45, 2.75) is 160 Å². The van der Waals surface area contributed by atoms with E-state index in [9.17, 15) is 53.1 Å². The van der Waals surface area contributed by atoms with Crippen molar-refractivity contribution in [2.24, 2.45) is 62.0 Å². The third-order valence-corrected chi connectivity index (χ3v) is 14.2. The number of rotatable bonds is 38. The third kappa shape index (κ3) is 26.1. The monoisotopic (exact) mass is 1200 g/mol. The van der Waals surface area contributed by atoms with Crippen LogP contribution in [-0.2, 0) is 60.8 Å². The number of hydrogen-bond acceptors (Lipinski definition) is 15. The molecular formula is C57H92N18O11. The van der Waals surface area contributed by atoms with E-state index >= 15 is 0 Å². The molecule has 10 amide bonds. The summed E-state index contributed by atoms with van der Waals surface area (Å²) in [5.41, 5.74) is 40.9. The molecule has 23 N–H and O–H groups in total. The highest BCUT2D eigenvalue weighted by molar-refractivity contribution is 5.98. The lowest BCUT2D eigenvalue weighted by Crippen LogP contribution is -2.61. The van der Waals surface area contributed by atoms with Crippen molar-refractivity contribution in [1.29, 1.82) is 0 Å².